The summed E-state index contributed by atoms with van der Waals surface area (Å²) in [5.74, 6) is 0.180. The minimum absolute atomic E-state index is 0.134. The van der Waals surface area contributed by atoms with Gasteiger partial charge in [-0.3, -0.25) is 0 Å². The highest BCUT2D eigenvalue weighted by Crippen LogP contribution is 2.18. The van der Waals surface area contributed by atoms with Gasteiger partial charge in [-0.2, -0.15) is 4.31 Å². The Balaban J connectivity index is 2.24. The molecule has 0 radical (unpaired) electrons. The third-order valence-corrected chi connectivity index (χ3v) is 5.13. The normalized spacial score (nSPS) is 11.9. The molecule has 6 nitrogen and oxygen atoms in total. The molecule has 2 rings (SSSR count). The van der Waals surface area contributed by atoms with E-state index in [0.717, 1.165) is 10.7 Å². The number of hydrogen-bond donors (Lipinski definition) is 1. The number of sulfonamides is 1. The van der Waals surface area contributed by atoms with Gasteiger partial charge in [0.05, 0.1) is 22.1 Å². The number of pyridine rings is 1. The number of anilines is 1. The molecule has 2 N–H and O–H groups in total. The van der Waals surface area contributed by atoms with Crippen molar-refractivity contribution in [3.05, 3.63) is 34.4 Å². The smallest absolute Gasteiger partial charge is 0.243 e. The molecule has 0 amide bonds. The standard InChI is InChI=1S/C11H14N4O2S2/c1-8-14-9(7-18-8)6-15(2)19(16,17)10-3-4-13-11(12)5-10/h3-5,7H,6H2,1-2H3,(H2,12,13). The van der Waals surface area contributed by atoms with Crippen molar-refractivity contribution in [1.82, 2.24) is 14.3 Å². The molecule has 0 aromatic carbocycles. The lowest BCUT2D eigenvalue weighted by Crippen LogP contribution is -2.26. The Morgan fingerprint density at radius 1 is 1.47 bits per heavy atom. The maximum absolute atomic E-state index is 12.3. The fourth-order valence-corrected chi connectivity index (χ4v) is 3.33. The first-order valence-corrected chi connectivity index (χ1v) is 7.80. The summed E-state index contributed by atoms with van der Waals surface area (Å²) in [5, 5.41) is 2.76. The average molecular weight is 298 g/mol. The summed E-state index contributed by atoms with van der Waals surface area (Å²) in [5.41, 5.74) is 6.24. The van der Waals surface area contributed by atoms with Gasteiger partial charge in [-0.1, -0.05) is 0 Å². The predicted molar refractivity (Wildman–Crippen MR) is 74.2 cm³/mol. The predicted octanol–water partition coefficient (Wildman–Crippen LogP) is 1.25. The van der Waals surface area contributed by atoms with E-state index in [-0.39, 0.29) is 17.3 Å². The molecule has 19 heavy (non-hydrogen) atoms. The molecule has 2 aromatic rings. The van der Waals surface area contributed by atoms with E-state index in [1.165, 1.54) is 41.0 Å². The van der Waals surface area contributed by atoms with E-state index in [0.29, 0.717) is 0 Å². The number of hydrogen-bond acceptors (Lipinski definition) is 6. The van der Waals surface area contributed by atoms with Gasteiger partial charge in [0.1, 0.15) is 5.82 Å². The van der Waals surface area contributed by atoms with Crippen LogP contribution >= 0.6 is 11.3 Å². The van der Waals surface area contributed by atoms with Crippen molar-refractivity contribution in [3.63, 3.8) is 0 Å². The molecule has 0 saturated carbocycles. The SMILES string of the molecule is Cc1nc(CN(C)S(=O)(=O)c2ccnc(N)c2)cs1. The van der Waals surface area contributed by atoms with Gasteiger partial charge in [0.25, 0.3) is 0 Å². The Hall–Kier alpha value is -1.51. The first-order valence-electron chi connectivity index (χ1n) is 5.48. The second-order valence-electron chi connectivity index (χ2n) is 4.04. The quantitative estimate of drug-likeness (QED) is 0.917. The highest BCUT2D eigenvalue weighted by molar-refractivity contribution is 7.89. The summed E-state index contributed by atoms with van der Waals surface area (Å²) < 4.78 is 25.9. The van der Waals surface area contributed by atoms with Crippen molar-refractivity contribution in [2.75, 3.05) is 12.8 Å². The Morgan fingerprint density at radius 3 is 2.79 bits per heavy atom. The van der Waals surface area contributed by atoms with Gasteiger partial charge in [0, 0.05) is 24.7 Å². The molecule has 0 spiro atoms. The maximum atomic E-state index is 12.3. The molecule has 0 aliphatic rings. The number of nitrogens with two attached hydrogens (primary N) is 1. The van der Waals surface area contributed by atoms with Crippen molar-refractivity contribution in [2.45, 2.75) is 18.4 Å². The van der Waals surface area contributed by atoms with E-state index < -0.39 is 10.0 Å². The number of nitrogens with zero attached hydrogens (tertiary/aromatic N) is 3. The van der Waals surface area contributed by atoms with Crippen LogP contribution < -0.4 is 5.73 Å². The van der Waals surface area contributed by atoms with E-state index in [4.69, 9.17) is 5.73 Å². The highest BCUT2D eigenvalue weighted by Gasteiger charge is 2.21. The van der Waals surface area contributed by atoms with Gasteiger partial charge in [0.15, 0.2) is 0 Å². The Morgan fingerprint density at radius 2 is 2.21 bits per heavy atom. The van der Waals surface area contributed by atoms with Gasteiger partial charge < -0.3 is 5.73 Å². The molecule has 102 valence electrons. The van der Waals surface area contributed by atoms with Gasteiger partial charge in [-0.15, -0.1) is 11.3 Å². The second-order valence-corrected chi connectivity index (χ2v) is 7.14. The molecule has 0 aliphatic heterocycles. The second kappa shape index (κ2) is 5.24. The third kappa shape index (κ3) is 3.09. The van der Waals surface area contributed by atoms with E-state index in [9.17, 15) is 8.42 Å². The molecule has 0 atom stereocenters. The monoisotopic (exact) mass is 298 g/mol. The van der Waals surface area contributed by atoms with Gasteiger partial charge in [0.2, 0.25) is 10.0 Å². The zero-order valence-electron chi connectivity index (χ0n) is 10.6. The van der Waals surface area contributed by atoms with Crippen LogP contribution in [0.25, 0.3) is 0 Å². The first kappa shape index (κ1) is 13.9. The molecular weight excluding hydrogens is 284 g/mol. The molecule has 0 saturated heterocycles. The van der Waals surface area contributed by atoms with Crippen LogP contribution in [0.4, 0.5) is 5.82 Å². The maximum Gasteiger partial charge on any atom is 0.243 e. The van der Waals surface area contributed by atoms with Crippen molar-refractivity contribution < 1.29 is 8.42 Å². The van der Waals surface area contributed by atoms with Crippen molar-refractivity contribution in [1.29, 1.82) is 0 Å². The fraction of sp³-hybridized carbons (Fsp3) is 0.273. The van der Waals surface area contributed by atoms with Crippen molar-refractivity contribution in [2.24, 2.45) is 0 Å². The lowest BCUT2D eigenvalue weighted by molar-refractivity contribution is 0.462. The minimum Gasteiger partial charge on any atom is -0.384 e. The summed E-state index contributed by atoms with van der Waals surface area (Å²) in [6, 6.07) is 2.77. The van der Waals surface area contributed by atoms with Gasteiger partial charge >= 0.3 is 0 Å². The van der Waals surface area contributed by atoms with Gasteiger partial charge in [-0.25, -0.2) is 18.4 Å². The highest BCUT2D eigenvalue weighted by atomic mass is 32.2. The lowest BCUT2D eigenvalue weighted by atomic mass is 10.5. The van der Waals surface area contributed by atoms with Crippen LogP contribution in [0.5, 0.6) is 0 Å². The molecular formula is C11H14N4O2S2. The molecule has 2 heterocycles. The summed E-state index contributed by atoms with van der Waals surface area (Å²) in [6.45, 7) is 2.11. The van der Waals surface area contributed by atoms with Crippen LogP contribution in [0.2, 0.25) is 0 Å². The number of thiazole rings is 1. The molecule has 8 heteroatoms. The largest absolute Gasteiger partial charge is 0.384 e. The van der Waals surface area contributed by atoms with Crippen molar-refractivity contribution >= 4 is 27.2 Å². The average Bonchev–Trinajstić information content (AvgIpc) is 2.74. The van der Waals surface area contributed by atoms with Crippen LogP contribution in [0.3, 0.4) is 0 Å². The fourth-order valence-electron chi connectivity index (χ4n) is 1.56. The summed E-state index contributed by atoms with van der Waals surface area (Å²) in [6.07, 6.45) is 1.38. The minimum atomic E-state index is -3.57. The first-order chi connectivity index (χ1) is 8.89. The number of aryl methyl sites for hydroxylation is 1. The summed E-state index contributed by atoms with van der Waals surface area (Å²) in [4.78, 5) is 8.17. The van der Waals surface area contributed by atoms with Crippen molar-refractivity contribution in [3.8, 4) is 0 Å². The number of rotatable bonds is 4. The lowest BCUT2D eigenvalue weighted by Gasteiger charge is -2.16. The Kier molecular flexibility index (Phi) is 3.83. The molecule has 0 unspecified atom stereocenters. The van der Waals surface area contributed by atoms with E-state index in [2.05, 4.69) is 9.97 Å². The molecule has 0 aliphatic carbocycles. The third-order valence-electron chi connectivity index (χ3n) is 2.51. The Labute approximate surface area is 116 Å². The van der Waals surface area contributed by atoms with E-state index >= 15 is 0 Å². The zero-order chi connectivity index (χ0) is 14.0. The zero-order valence-corrected chi connectivity index (χ0v) is 12.2. The van der Waals surface area contributed by atoms with Crippen LogP contribution in [0.1, 0.15) is 10.7 Å². The topological polar surface area (TPSA) is 89.2 Å². The number of aromatic nitrogens is 2. The van der Waals surface area contributed by atoms with Gasteiger partial charge in [-0.05, 0) is 13.0 Å². The van der Waals surface area contributed by atoms with Crippen LogP contribution in [0.15, 0.2) is 28.6 Å². The Bertz CT molecular complexity index is 682. The van der Waals surface area contributed by atoms with Crippen LogP contribution in [0, 0.1) is 6.92 Å². The summed E-state index contributed by atoms with van der Waals surface area (Å²) >= 11 is 1.49. The van der Waals surface area contributed by atoms with Crippen LogP contribution in [-0.2, 0) is 16.6 Å². The summed E-state index contributed by atoms with van der Waals surface area (Å²) in [7, 11) is -2.06. The number of nitrogen functional groups attached to an aromatic ring is 1. The van der Waals surface area contributed by atoms with Crippen LogP contribution in [-0.4, -0.2) is 29.7 Å². The van der Waals surface area contributed by atoms with E-state index in [1.807, 2.05) is 12.3 Å². The molecule has 0 fully saturated rings. The molecule has 2 aromatic heterocycles. The van der Waals surface area contributed by atoms with E-state index in [1.54, 1.807) is 0 Å². The molecule has 0 bridgehead atoms.